The normalized spacial score (nSPS) is 19.0. The number of fused-ring (bicyclic) bond motifs is 4. The monoisotopic (exact) mass is 679 g/mol. The third-order valence-corrected chi connectivity index (χ3v) is 9.80. The summed E-state index contributed by atoms with van der Waals surface area (Å²) in [6.45, 7) is 1.55. The van der Waals surface area contributed by atoms with Gasteiger partial charge < -0.3 is 20.9 Å². The summed E-state index contributed by atoms with van der Waals surface area (Å²) in [5.74, 6) is -1.55. The largest absolute Gasteiger partial charge is 0.346 e. The highest BCUT2D eigenvalue weighted by Gasteiger charge is 2.28. The van der Waals surface area contributed by atoms with E-state index in [9.17, 15) is 19.2 Å². The third-order valence-electron chi connectivity index (χ3n) is 7.82. The molecule has 0 radical (unpaired) electrons. The molecule has 3 atom stereocenters. The molecule has 0 saturated heterocycles. The lowest BCUT2D eigenvalue weighted by molar-refractivity contribution is -0.136. The van der Waals surface area contributed by atoms with Crippen molar-refractivity contribution >= 4 is 46.3 Å². The van der Waals surface area contributed by atoms with Crippen LogP contribution in [-0.4, -0.2) is 56.6 Å². The van der Waals surface area contributed by atoms with E-state index in [0.717, 1.165) is 11.1 Å². The first-order valence-corrected chi connectivity index (χ1v) is 17.2. The van der Waals surface area contributed by atoms with Crippen LogP contribution in [0.25, 0.3) is 0 Å². The molecule has 0 saturated carbocycles. The molecule has 0 spiro atoms. The number of rotatable bonds is 5. The summed E-state index contributed by atoms with van der Waals surface area (Å²) in [6.07, 6.45) is 3.71. The number of pyridine rings is 1. The van der Waals surface area contributed by atoms with Gasteiger partial charge >= 0.3 is 0 Å². The van der Waals surface area contributed by atoms with Crippen LogP contribution in [0.15, 0.2) is 96.0 Å². The van der Waals surface area contributed by atoms with Gasteiger partial charge in [-0.2, -0.15) is 0 Å². The number of nitrogens with one attached hydrogen (secondary N) is 3. The Kier molecular flexibility index (Phi) is 10.3. The lowest BCUT2D eigenvalue weighted by Gasteiger charge is -2.29. The summed E-state index contributed by atoms with van der Waals surface area (Å²) in [7, 11) is 0. The van der Waals surface area contributed by atoms with Crippen LogP contribution in [0, 0.1) is 0 Å². The van der Waals surface area contributed by atoms with Gasteiger partial charge in [-0.3, -0.25) is 24.2 Å². The molecule has 4 bridgehead atoms. The number of hydrogen-bond acceptors (Lipinski definition) is 9. The van der Waals surface area contributed by atoms with Crippen LogP contribution < -0.4 is 16.0 Å². The molecule has 13 heteroatoms. The lowest BCUT2D eigenvalue weighted by Crippen LogP contribution is -2.46. The summed E-state index contributed by atoms with van der Waals surface area (Å²) < 4.78 is 0. The van der Waals surface area contributed by atoms with Crippen LogP contribution in [-0.2, 0) is 22.4 Å². The van der Waals surface area contributed by atoms with E-state index < -0.39 is 35.8 Å². The molecule has 1 aliphatic rings. The number of aromatic nitrogens is 3. The number of carbonyl (C=O) groups is 4. The summed E-state index contributed by atoms with van der Waals surface area (Å²) in [5, 5.41) is 13.5. The molecule has 0 aliphatic carbocycles. The van der Waals surface area contributed by atoms with Crippen LogP contribution >= 0.6 is 22.7 Å². The second kappa shape index (κ2) is 15.1. The number of carbonyl (C=O) groups excluding carboxylic acids is 4. The van der Waals surface area contributed by atoms with Gasteiger partial charge in [-0.1, -0.05) is 66.7 Å². The minimum absolute atomic E-state index is 0.0231. The molecule has 3 N–H and O–H groups in total. The maximum atomic E-state index is 13.7. The molecule has 6 rings (SSSR count). The maximum absolute atomic E-state index is 13.7. The zero-order valence-corrected chi connectivity index (χ0v) is 27.7. The minimum Gasteiger partial charge on any atom is -0.346 e. The van der Waals surface area contributed by atoms with Gasteiger partial charge in [-0.15, -0.1) is 22.7 Å². The highest BCUT2D eigenvalue weighted by molar-refractivity contribution is 7.10. The molecule has 4 heterocycles. The minimum atomic E-state index is -0.660. The van der Waals surface area contributed by atoms with E-state index in [0.29, 0.717) is 22.0 Å². The number of nitrogens with zero attached hydrogens (tertiary/aromatic N) is 4. The SMILES string of the molecule is C[C@@H]1NC(=O)CN(C(=O)Cc2cccnc2)C[C@@H](c2ccccc2)NC(=O)c2csc(n2)[C@@H](Cc2ccccc2)NC(=O)c2csc1n2. The van der Waals surface area contributed by atoms with Gasteiger partial charge in [0.25, 0.3) is 11.8 Å². The molecule has 5 aromatic rings. The van der Waals surface area contributed by atoms with E-state index in [2.05, 4.69) is 30.9 Å². The average Bonchev–Trinajstić information content (AvgIpc) is 3.80. The standard InChI is InChI=1S/C35H33N7O4S2/c1-22-34-40-28(20-47-34)32(45)38-26(15-23-9-4-2-5-10-23)35-41-29(21-48-35)33(46)39-27(25-12-6-3-7-13-25)18-42(19-30(43)37-22)31(44)16-24-11-8-14-36-17-24/h2-14,17,20-22,26-27H,15-16,18-19H2,1H3,(H,37,43)(H,38,45)(H,39,46)/t22-,26+,27-/m0/s1. The first-order valence-electron chi connectivity index (χ1n) is 15.4. The fourth-order valence-electron chi connectivity index (χ4n) is 5.36. The van der Waals surface area contributed by atoms with Gasteiger partial charge in [0.1, 0.15) is 21.4 Å². The second-order valence-corrected chi connectivity index (χ2v) is 13.2. The molecule has 2 aromatic carbocycles. The van der Waals surface area contributed by atoms with Crippen LogP contribution in [0.3, 0.4) is 0 Å². The number of amides is 4. The van der Waals surface area contributed by atoms with Crippen LogP contribution in [0.5, 0.6) is 0 Å². The van der Waals surface area contributed by atoms with Crippen molar-refractivity contribution in [3.63, 3.8) is 0 Å². The lowest BCUT2D eigenvalue weighted by atomic mass is 10.1. The molecule has 3 aromatic heterocycles. The van der Waals surface area contributed by atoms with Gasteiger partial charge in [0, 0.05) is 29.7 Å². The van der Waals surface area contributed by atoms with Crippen molar-refractivity contribution in [2.24, 2.45) is 0 Å². The molecule has 244 valence electrons. The zero-order chi connectivity index (χ0) is 33.5. The van der Waals surface area contributed by atoms with Gasteiger partial charge in [-0.25, -0.2) is 9.97 Å². The molecular weight excluding hydrogens is 647 g/mol. The van der Waals surface area contributed by atoms with E-state index in [-0.39, 0.29) is 36.8 Å². The van der Waals surface area contributed by atoms with E-state index in [1.807, 2.05) is 60.7 Å². The Labute approximate surface area is 285 Å². The molecule has 48 heavy (non-hydrogen) atoms. The predicted octanol–water partition coefficient (Wildman–Crippen LogP) is 4.44. The summed E-state index contributed by atoms with van der Waals surface area (Å²) in [5.41, 5.74) is 2.84. The van der Waals surface area contributed by atoms with Crippen molar-refractivity contribution in [2.45, 2.75) is 37.9 Å². The van der Waals surface area contributed by atoms with Crippen molar-refractivity contribution in [3.8, 4) is 0 Å². The van der Waals surface area contributed by atoms with Crippen molar-refractivity contribution in [3.05, 3.63) is 134 Å². The molecule has 1 aliphatic heterocycles. The predicted molar refractivity (Wildman–Crippen MR) is 182 cm³/mol. The summed E-state index contributed by atoms with van der Waals surface area (Å²) in [4.78, 5) is 69.1. The van der Waals surface area contributed by atoms with Crippen LogP contribution in [0.1, 0.15) is 72.7 Å². The van der Waals surface area contributed by atoms with Crippen molar-refractivity contribution in [1.29, 1.82) is 0 Å². The Morgan fingerprint density at radius 3 is 2.17 bits per heavy atom. The van der Waals surface area contributed by atoms with Gasteiger partial charge in [0.2, 0.25) is 11.8 Å². The molecule has 11 nitrogen and oxygen atoms in total. The molecular formula is C35H33N7O4S2. The van der Waals surface area contributed by atoms with Crippen molar-refractivity contribution < 1.29 is 19.2 Å². The Morgan fingerprint density at radius 2 is 1.46 bits per heavy atom. The quantitative estimate of drug-likeness (QED) is 0.249. The highest BCUT2D eigenvalue weighted by Crippen LogP contribution is 2.25. The zero-order valence-electron chi connectivity index (χ0n) is 26.0. The van der Waals surface area contributed by atoms with Crippen molar-refractivity contribution in [1.82, 2.24) is 35.8 Å². The topological polar surface area (TPSA) is 146 Å². The Bertz CT molecular complexity index is 1880. The van der Waals surface area contributed by atoms with E-state index in [4.69, 9.17) is 0 Å². The fraction of sp³-hybridized carbons (Fsp3) is 0.229. The van der Waals surface area contributed by atoms with Crippen molar-refractivity contribution in [2.75, 3.05) is 13.1 Å². The number of hydrogen-bond donors (Lipinski definition) is 3. The summed E-state index contributed by atoms with van der Waals surface area (Å²) in [6, 6.07) is 20.8. The highest BCUT2D eigenvalue weighted by atomic mass is 32.1. The Morgan fingerprint density at radius 1 is 0.812 bits per heavy atom. The molecule has 0 fully saturated rings. The smallest absolute Gasteiger partial charge is 0.271 e. The maximum Gasteiger partial charge on any atom is 0.271 e. The fourth-order valence-corrected chi connectivity index (χ4v) is 7.02. The molecule has 4 amide bonds. The number of benzene rings is 2. The van der Waals surface area contributed by atoms with Gasteiger partial charge in [0.05, 0.1) is 31.1 Å². The Balaban J connectivity index is 1.36. The Hall–Kier alpha value is -5.27. The second-order valence-electron chi connectivity index (χ2n) is 11.4. The van der Waals surface area contributed by atoms with E-state index in [1.54, 1.807) is 42.2 Å². The van der Waals surface area contributed by atoms with Crippen LogP contribution in [0.2, 0.25) is 0 Å². The first kappa shape index (κ1) is 32.7. The van der Waals surface area contributed by atoms with Crippen LogP contribution in [0.4, 0.5) is 0 Å². The summed E-state index contributed by atoms with van der Waals surface area (Å²) >= 11 is 2.54. The van der Waals surface area contributed by atoms with Gasteiger partial charge in [-0.05, 0) is 36.1 Å². The third kappa shape index (κ3) is 8.17. The first-order chi connectivity index (χ1) is 23.3. The molecule has 0 unspecified atom stereocenters. The number of thiazole rings is 2. The van der Waals surface area contributed by atoms with E-state index >= 15 is 0 Å². The van der Waals surface area contributed by atoms with Gasteiger partial charge in [0.15, 0.2) is 0 Å². The van der Waals surface area contributed by atoms with E-state index in [1.165, 1.54) is 27.6 Å². The average molecular weight is 680 g/mol.